The summed E-state index contributed by atoms with van der Waals surface area (Å²) in [5, 5.41) is 1.97. The molecule has 1 aromatic heterocycles. The standard InChI is InChI=1S/C11H13ClN2/c1-7(13)4-8-6-14-11-5-9(12)2-3-10(8)11/h2-3,5-7,14H,4,13H2,1H3/t7-/m0/s1. The third-order valence-electron chi connectivity index (χ3n) is 2.27. The first kappa shape index (κ1) is 9.56. The van der Waals surface area contributed by atoms with Crippen molar-refractivity contribution < 1.29 is 0 Å². The quantitative estimate of drug-likeness (QED) is 0.783. The van der Waals surface area contributed by atoms with Gasteiger partial charge in [-0.2, -0.15) is 0 Å². The van der Waals surface area contributed by atoms with Gasteiger partial charge in [0.05, 0.1) is 0 Å². The smallest absolute Gasteiger partial charge is 0.0471 e. The van der Waals surface area contributed by atoms with Gasteiger partial charge in [-0.05, 0) is 31.0 Å². The number of aromatic amines is 1. The van der Waals surface area contributed by atoms with Crippen LogP contribution in [0.1, 0.15) is 12.5 Å². The molecule has 0 saturated carbocycles. The van der Waals surface area contributed by atoms with Crippen molar-refractivity contribution in [2.24, 2.45) is 5.73 Å². The van der Waals surface area contributed by atoms with E-state index < -0.39 is 0 Å². The minimum absolute atomic E-state index is 0.185. The Morgan fingerprint density at radius 2 is 2.29 bits per heavy atom. The fraction of sp³-hybridized carbons (Fsp3) is 0.273. The molecule has 1 heterocycles. The van der Waals surface area contributed by atoms with E-state index in [1.54, 1.807) is 0 Å². The SMILES string of the molecule is C[C@H](N)Cc1c[nH]c2cc(Cl)ccc12. The number of benzene rings is 1. The molecule has 2 nitrogen and oxygen atoms in total. The minimum atomic E-state index is 0.185. The average molecular weight is 209 g/mol. The van der Waals surface area contributed by atoms with E-state index >= 15 is 0 Å². The maximum Gasteiger partial charge on any atom is 0.0471 e. The van der Waals surface area contributed by atoms with E-state index in [1.807, 2.05) is 31.3 Å². The molecule has 0 aliphatic heterocycles. The highest BCUT2D eigenvalue weighted by molar-refractivity contribution is 6.31. The molecule has 1 atom stereocenters. The predicted octanol–water partition coefficient (Wildman–Crippen LogP) is 2.71. The largest absolute Gasteiger partial charge is 0.361 e. The lowest BCUT2D eigenvalue weighted by Gasteiger charge is -2.02. The summed E-state index contributed by atoms with van der Waals surface area (Å²) >= 11 is 5.89. The molecule has 0 aliphatic carbocycles. The second-order valence-corrected chi connectivity index (χ2v) is 4.12. The Morgan fingerprint density at radius 3 is 3.00 bits per heavy atom. The number of hydrogen-bond donors (Lipinski definition) is 2. The van der Waals surface area contributed by atoms with Gasteiger partial charge in [0.1, 0.15) is 0 Å². The first-order valence-corrected chi connectivity index (χ1v) is 5.05. The van der Waals surface area contributed by atoms with Crippen molar-refractivity contribution in [2.75, 3.05) is 0 Å². The zero-order valence-electron chi connectivity index (χ0n) is 8.05. The van der Waals surface area contributed by atoms with Gasteiger partial charge in [0.2, 0.25) is 0 Å². The van der Waals surface area contributed by atoms with Crippen LogP contribution in [0.4, 0.5) is 0 Å². The molecule has 3 heteroatoms. The maximum atomic E-state index is 5.89. The van der Waals surface area contributed by atoms with E-state index in [0.717, 1.165) is 17.0 Å². The number of fused-ring (bicyclic) bond motifs is 1. The number of nitrogens with one attached hydrogen (secondary N) is 1. The molecule has 3 N–H and O–H groups in total. The van der Waals surface area contributed by atoms with Crippen molar-refractivity contribution in [1.82, 2.24) is 4.98 Å². The van der Waals surface area contributed by atoms with Crippen LogP contribution < -0.4 is 5.73 Å². The number of H-pyrrole nitrogens is 1. The molecule has 0 radical (unpaired) electrons. The zero-order valence-corrected chi connectivity index (χ0v) is 8.81. The highest BCUT2D eigenvalue weighted by Crippen LogP contribution is 2.22. The second-order valence-electron chi connectivity index (χ2n) is 3.69. The topological polar surface area (TPSA) is 41.8 Å². The molecule has 74 valence electrons. The van der Waals surface area contributed by atoms with Crippen molar-refractivity contribution >= 4 is 22.5 Å². The van der Waals surface area contributed by atoms with Gasteiger partial charge in [0.15, 0.2) is 0 Å². The average Bonchev–Trinajstić information content (AvgIpc) is 2.47. The molecule has 0 aliphatic rings. The Morgan fingerprint density at radius 1 is 1.50 bits per heavy atom. The van der Waals surface area contributed by atoms with Crippen LogP contribution in [0, 0.1) is 0 Å². The van der Waals surface area contributed by atoms with Gasteiger partial charge in [0, 0.05) is 28.2 Å². The first-order chi connectivity index (χ1) is 6.66. The third-order valence-corrected chi connectivity index (χ3v) is 2.51. The lowest BCUT2D eigenvalue weighted by Crippen LogP contribution is -2.17. The van der Waals surface area contributed by atoms with E-state index in [-0.39, 0.29) is 6.04 Å². The van der Waals surface area contributed by atoms with Crippen LogP contribution in [0.15, 0.2) is 24.4 Å². The van der Waals surface area contributed by atoms with Gasteiger partial charge < -0.3 is 10.7 Å². The molecule has 2 aromatic rings. The second kappa shape index (κ2) is 3.64. The highest BCUT2D eigenvalue weighted by atomic mass is 35.5. The molecule has 14 heavy (non-hydrogen) atoms. The number of rotatable bonds is 2. The summed E-state index contributed by atoms with van der Waals surface area (Å²) in [6, 6.07) is 6.06. The molecule has 0 fully saturated rings. The van der Waals surface area contributed by atoms with Crippen LogP contribution in [-0.4, -0.2) is 11.0 Å². The van der Waals surface area contributed by atoms with Gasteiger partial charge in [0.25, 0.3) is 0 Å². The molecule has 0 unspecified atom stereocenters. The summed E-state index contributed by atoms with van der Waals surface area (Å²) in [4.78, 5) is 3.19. The van der Waals surface area contributed by atoms with Gasteiger partial charge in [-0.25, -0.2) is 0 Å². The lowest BCUT2D eigenvalue weighted by molar-refractivity contribution is 0.741. The number of aromatic nitrogens is 1. The Bertz CT molecular complexity index is 445. The monoisotopic (exact) mass is 208 g/mol. The lowest BCUT2D eigenvalue weighted by atomic mass is 10.1. The van der Waals surface area contributed by atoms with Crippen molar-refractivity contribution in [1.29, 1.82) is 0 Å². The first-order valence-electron chi connectivity index (χ1n) is 4.68. The number of nitrogens with two attached hydrogens (primary N) is 1. The number of halogens is 1. The van der Waals surface area contributed by atoms with Gasteiger partial charge in [-0.1, -0.05) is 17.7 Å². The molecular formula is C11H13ClN2. The zero-order chi connectivity index (χ0) is 10.1. The Hall–Kier alpha value is -0.990. The Labute approximate surface area is 88.1 Å². The van der Waals surface area contributed by atoms with Gasteiger partial charge in [-0.15, -0.1) is 0 Å². The van der Waals surface area contributed by atoms with Crippen LogP contribution in [-0.2, 0) is 6.42 Å². The third kappa shape index (κ3) is 1.76. The molecular weight excluding hydrogens is 196 g/mol. The van der Waals surface area contributed by atoms with E-state index in [0.29, 0.717) is 0 Å². The fourth-order valence-corrected chi connectivity index (χ4v) is 1.85. The van der Waals surface area contributed by atoms with Crippen molar-refractivity contribution in [3.8, 4) is 0 Å². The van der Waals surface area contributed by atoms with Crippen molar-refractivity contribution in [3.63, 3.8) is 0 Å². The summed E-state index contributed by atoms with van der Waals surface area (Å²) in [5.74, 6) is 0. The maximum absolute atomic E-state index is 5.89. The predicted molar refractivity (Wildman–Crippen MR) is 60.7 cm³/mol. The van der Waals surface area contributed by atoms with Crippen molar-refractivity contribution in [2.45, 2.75) is 19.4 Å². The fourth-order valence-electron chi connectivity index (χ4n) is 1.67. The van der Waals surface area contributed by atoms with E-state index in [2.05, 4.69) is 4.98 Å². The molecule has 0 amide bonds. The summed E-state index contributed by atoms with van der Waals surface area (Å²) in [7, 11) is 0. The molecule has 0 bridgehead atoms. The van der Waals surface area contributed by atoms with Crippen molar-refractivity contribution in [3.05, 3.63) is 35.0 Å². The molecule has 1 aromatic carbocycles. The van der Waals surface area contributed by atoms with Gasteiger partial charge >= 0.3 is 0 Å². The van der Waals surface area contributed by atoms with Crippen LogP contribution in [0.25, 0.3) is 10.9 Å². The number of hydrogen-bond acceptors (Lipinski definition) is 1. The molecule has 2 rings (SSSR count). The minimum Gasteiger partial charge on any atom is -0.361 e. The van der Waals surface area contributed by atoms with E-state index in [1.165, 1.54) is 10.9 Å². The Kier molecular flexibility index (Phi) is 2.48. The Balaban J connectivity index is 2.47. The molecule has 0 spiro atoms. The van der Waals surface area contributed by atoms with E-state index in [4.69, 9.17) is 17.3 Å². The normalized spacial score (nSPS) is 13.4. The van der Waals surface area contributed by atoms with Crippen LogP contribution >= 0.6 is 11.6 Å². The van der Waals surface area contributed by atoms with Crippen LogP contribution in [0.5, 0.6) is 0 Å². The van der Waals surface area contributed by atoms with E-state index in [9.17, 15) is 0 Å². The van der Waals surface area contributed by atoms with Gasteiger partial charge in [-0.3, -0.25) is 0 Å². The van der Waals surface area contributed by atoms with Crippen LogP contribution in [0.2, 0.25) is 5.02 Å². The summed E-state index contributed by atoms with van der Waals surface area (Å²) < 4.78 is 0. The highest BCUT2D eigenvalue weighted by Gasteiger charge is 2.05. The van der Waals surface area contributed by atoms with Crippen LogP contribution in [0.3, 0.4) is 0 Å². The summed E-state index contributed by atoms with van der Waals surface area (Å²) in [6.07, 6.45) is 2.89. The summed E-state index contributed by atoms with van der Waals surface area (Å²) in [6.45, 7) is 2.01. The summed E-state index contributed by atoms with van der Waals surface area (Å²) in [5.41, 5.74) is 8.10. The molecule has 0 saturated heterocycles.